The van der Waals surface area contributed by atoms with Crippen molar-refractivity contribution in [3.8, 4) is 0 Å². The predicted molar refractivity (Wildman–Crippen MR) is 84.0 cm³/mol. The second kappa shape index (κ2) is 5.26. The molecule has 0 unspecified atom stereocenters. The lowest BCUT2D eigenvalue weighted by atomic mass is 10.1. The number of nitrogens with one attached hydrogen (secondary N) is 1. The number of aliphatic imine (C=N–C) groups is 2. The molecule has 0 saturated heterocycles. The molecule has 8 heteroatoms. The summed E-state index contributed by atoms with van der Waals surface area (Å²) in [6.45, 7) is 2.87. The Morgan fingerprint density at radius 2 is 2.21 bits per heavy atom. The van der Waals surface area contributed by atoms with Crippen molar-refractivity contribution in [1.82, 2.24) is 4.90 Å². The highest BCUT2D eigenvalue weighted by Crippen LogP contribution is 2.34. The van der Waals surface area contributed by atoms with Crippen LogP contribution in [-0.2, 0) is 0 Å². The van der Waals surface area contributed by atoms with Gasteiger partial charge in [0.15, 0.2) is 0 Å². The number of halogens is 2. The molecule has 0 bridgehead atoms. The summed E-state index contributed by atoms with van der Waals surface area (Å²) in [5.41, 5.74) is 0.455. The number of benzene rings is 1. The van der Waals surface area contributed by atoms with E-state index in [2.05, 4.69) is 15.3 Å². The molecule has 2 aromatic rings. The number of rotatable bonds is 2. The van der Waals surface area contributed by atoms with E-state index in [-0.39, 0.29) is 17.1 Å². The fourth-order valence-corrected chi connectivity index (χ4v) is 2.80. The molecular weight excluding hydrogens is 318 g/mol. The molecule has 1 aromatic carbocycles. The molecule has 6 nitrogen and oxygen atoms in total. The number of amides is 1. The Kier molecular flexibility index (Phi) is 3.19. The average molecular weight is 330 g/mol. The Balaban J connectivity index is 1.75. The summed E-state index contributed by atoms with van der Waals surface area (Å²) in [7, 11) is 0. The molecule has 4 rings (SSSR count). The van der Waals surface area contributed by atoms with Crippen molar-refractivity contribution >= 4 is 29.7 Å². The van der Waals surface area contributed by atoms with Crippen LogP contribution in [0.4, 0.5) is 20.4 Å². The van der Waals surface area contributed by atoms with E-state index < -0.39 is 17.5 Å². The Morgan fingerprint density at radius 1 is 1.38 bits per heavy atom. The summed E-state index contributed by atoms with van der Waals surface area (Å²) in [5, 5.41) is 2.38. The zero-order valence-corrected chi connectivity index (χ0v) is 12.6. The predicted octanol–water partition coefficient (Wildman–Crippen LogP) is 2.85. The third-order valence-corrected chi connectivity index (χ3v) is 3.88. The molecule has 0 fully saturated rings. The minimum atomic E-state index is -0.724. The molecule has 1 N–H and O–H groups in total. The van der Waals surface area contributed by atoms with Crippen LogP contribution in [0.15, 0.2) is 32.6 Å². The van der Waals surface area contributed by atoms with Crippen LogP contribution in [0.5, 0.6) is 0 Å². The quantitative estimate of drug-likeness (QED) is 0.920. The molecule has 122 valence electrons. The van der Waals surface area contributed by atoms with Gasteiger partial charge >= 0.3 is 0 Å². The van der Waals surface area contributed by atoms with E-state index in [9.17, 15) is 13.6 Å². The standard InChI is InChI=1S/C16H12F2N4O2/c1-8-12(15(23)21-11-6-9(17)2-3-10(11)18)13-14-19-4-5-22(14)7-20-16(13)24-8/h2-3,6-7H,4-5H2,1H3,(H,21,23). The molecule has 24 heavy (non-hydrogen) atoms. The highest BCUT2D eigenvalue weighted by Gasteiger charge is 2.33. The zero-order chi connectivity index (χ0) is 16.8. The molecular formula is C16H12F2N4O2. The normalized spacial score (nSPS) is 15.1. The monoisotopic (exact) mass is 330 g/mol. The number of anilines is 1. The van der Waals surface area contributed by atoms with Crippen molar-refractivity contribution in [2.45, 2.75) is 6.92 Å². The van der Waals surface area contributed by atoms with E-state index in [0.717, 1.165) is 18.2 Å². The van der Waals surface area contributed by atoms with Crippen molar-refractivity contribution < 1.29 is 18.0 Å². The van der Waals surface area contributed by atoms with Gasteiger partial charge in [0.25, 0.3) is 5.91 Å². The van der Waals surface area contributed by atoms with E-state index in [1.165, 1.54) is 0 Å². The first-order chi connectivity index (χ1) is 11.5. The largest absolute Gasteiger partial charge is 0.442 e. The number of hydrogen-bond donors (Lipinski definition) is 1. The zero-order valence-electron chi connectivity index (χ0n) is 12.6. The van der Waals surface area contributed by atoms with Gasteiger partial charge in [-0.25, -0.2) is 13.8 Å². The van der Waals surface area contributed by atoms with E-state index in [4.69, 9.17) is 4.42 Å². The number of carbonyl (C=O) groups is 1. The summed E-state index contributed by atoms with van der Waals surface area (Å²) in [5.74, 6) is -0.751. The van der Waals surface area contributed by atoms with Gasteiger partial charge in [-0.15, -0.1) is 0 Å². The lowest BCUT2D eigenvalue weighted by Gasteiger charge is -2.18. The molecule has 1 aromatic heterocycles. The molecule has 1 amide bonds. The number of amidine groups is 1. The van der Waals surface area contributed by atoms with Crippen molar-refractivity contribution in [1.29, 1.82) is 0 Å². The summed E-state index contributed by atoms with van der Waals surface area (Å²) in [6.07, 6.45) is 1.60. The number of aryl methyl sites for hydroxylation is 1. The number of fused-ring (bicyclic) bond motifs is 3. The highest BCUT2D eigenvalue weighted by molar-refractivity contribution is 6.19. The van der Waals surface area contributed by atoms with Crippen molar-refractivity contribution in [2.24, 2.45) is 9.98 Å². The van der Waals surface area contributed by atoms with Crippen LogP contribution in [0.1, 0.15) is 21.7 Å². The van der Waals surface area contributed by atoms with Crippen LogP contribution >= 0.6 is 0 Å². The third kappa shape index (κ3) is 2.18. The number of hydrogen-bond acceptors (Lipinski definition) is 5. The number of carbonyl (C=O) groups excluding carboxylic acids is 1. The van der Waals surface area contributed by atoms with Crippen LogP contribution in [-0.4, -0.2) is 36.1 Å². The molecule has 2 aliphatic rings. The maximum atomic E-state index is 13.8. The van der Waals surface area contributed by atoms with Gasteiger partial charge in [-0.1, -0.05) is 0 Å². The molecule has 0 radical (unpaired) electrons. The van der Waals surface area contributed by atoms with Crippen LogP contribution < -0.4 is 5.32 Å². The van der Waals surface area contributed by atoms with Gasteiger partial charge in [-0.3, -0.25) is 9.79 Å². The van der Waals surface area contributed by atoms with Gasteiger partial charge in [0.2, 0.25) is 5.88 Å². The van der Waals surface area contributed by atoms with Crippen molar-refractivity contribution in [2.75, 3.05) is 18.4 Å². The van der Waals surface area contributed by atoms with Crippen LogP contribution in [0.25, 0.3) is 0 Å². The SMILES string of the molecule is Cc1oc2c(c1C(=O)Nc1cc(F)ccc1F)C1=NCCN1C=N2. The molecule has 2 aliphatic heterocycles. The van der Waals surface area contributed by atoms with Gasteiger partial charge in [0, 0.05) is 12.6 Å². The lowest BCUT2D eigenvalue weighted by molar-refractivity contribution is 0.102. The Hall–Kier alpha value is -3.03. The number of furan rings is 1. The lowest BCUT2D eigenvalue weighted by Crippen LogP contribution is -2.30. The van der Waals surface area contributed by atoms with Gasteiger partial charge in [0.05, 0.1) is 23.4 Å². The highest BCUT2D eigenvalue weighted by atomic mass is 19.1. The topological polar surface area (TPSA) is 70.2 Å². The van der Waals surface area contributed by atoms with Crippen molar-refractivity contribution in [3.05, 3.63) is 46.7 Å². The maximum Gasteiger partial charge on any atom is 0.260 e. The second-order valence-corrected chi connectivity index (χ2v) is 5.43. The first-order valence-corrected chi connectivity index (χ1v) is 7.30. The minimum absolute atomic E-state index is 0.219. The minimum Gasteiger partial charge on any atom is -0.442 e. The van der Waals surface area contributed by atoms with Gasteiger partial charge < -0.3 is 14.6 Å². The smallest absolute Gasteiger partial charge is 0.260 e. The average Bonchev–Trinajstić information content (AvgIpc) is 3.13. The summed E-state index contributed by atoms with van der Waals surface area (Å²) in [4.78, 5) is 23.0. The van der Waals surface area contributed by atoms with Crippen LogP contribution in [0.3, 0.4) is 0 Å². The van der Waals surface area contributed by atoms with E-state index in [0.29, 0.717) is 30.2 Å². The molecule has 0 aliphatic carbocycles. The Morgan fingerprint density at radius 3 is 3.04 bits per heavy atom. The van der Waals surface area contributed by atoms with E-state index in [1.807, 2.05) is 4.90 Å². The fraction of sp³-hybridized carbons (Fsp3) is 0.188. The number of nitrogens with zero attached hydrogens (tertiary/aromatic N) is 3. The maximum absolute atomic E-state index is 13.8. The van der Waals surface area contributed by atoms with Crippen LogP contribution in [0, 0.1) is 18.6 Å². The third-order valence-electron chi connectivity index (χ3n) is 3.88. The van der Waals surface area contributed by atoms with Gasteiger partial charge in [0.1, 0.15) is 29.6 Å². The van der Waals surface area contributed by atoms with Gasteiger partial charge in [-0.2, -0.15) is 0 Å². The Bertz CT molecular complexity index is 917. The van der Waals surface area contributed by atoms with Gasteiger partial charge in [-0.05, 0) is 19.1 Å². The Labute approximate surface area is 135 Å². The first kappa shape index (κ1) is 14.6. The molecule has 3 heterocycles. The van der Waals surface area contributed by atoms with E-state index in [1.54, 1.807) is 13.3 Å². The summed E-state index contributed by atoms with van der Waals surface area (Å²) in [6, 6.07) is 2.86. The van der Waals surface area contributed by atoms with E-state index >= 15 is 0 Å². The summed E-state index contributed by atoms with van der Waals surface area (Å²) < 4.78 is 32.6. The molecule has 0 atom stereocenters. The summed E-state index contributed by atoms with van der Waals surface area (Å²) >= 11 is 0. The van der Waals surface area contributed by atoms with Crippen LogP contribution in [0.2, 0.25) is 0 Å². The molecule has 0 saturated carbocycles. The fourth-order valence-electron chi connectivity index (χ4n) is 2.80. The first-order valence-electron chi connectivity index (χ1n) is 7.30. The second-order valence-electron chi connectivity index (χ2n) is 5.43. The van der Waals surface area contributed by atoms with Crippen molar-refractivity contribution in [3.63, 3.8) is 0 Å². The molecule has 0 spiro atoms.